The highest BCUT2D eigenvalue weighted by molar-refractivity contribution is 5.89. The van der Waals surface area contributed by atoms with Crippen molar-refractivity contribution in [2.45, 2.75) is 0 Å². The molecular weight excluding hydrogens is 254 g/mol. The number of H-pyrrole nitrogens is 1. The second-order valence-electron chi connectivity index (χ2n) is 4.31. The Bertz CT molecular complexity index is 805. The van der Waals surface area contributed by atoms with Crippen molar-refractivity contribution in [3.05, 3.63) is 54.5 Å². The first-order valence-electron chi connectivity index (χ1n) is 6.02. The largest absolute Gasteiger partial charge is 0.478 e. The van der Waals surface area contributed by atoms with Gasteiger partial charge >= 0.3 is 5.97 Å². The van der Waals surface area contributed by atoms with Gasteiger partial charge in [0.25, 0.3) is 0 Å². The van der Waals surface area contributed by atoms with Gasteiger partial charge in [-0.2, -0.15) is 5.10 Å². The maximum Gasteiger partial charge on any atom is 0.328 e. The lowest BCUT2D eigenvalue weighted by Crippen LogP contribution is -1.88. The number of aliphatic carboxylic acids is 1. The Balaban J connectivity index is 2.11. The molecule has 0 aliphatic rings. The first kappa shape index (κ1) is 12.1. The van der Waals surface area contributed by atoms with Crippen molar-refractivity contribution in [2.75, 3.05) is 0 Å². The summed E-state index contributed by atoms with van der Waals surface area (Å²) in [6, 6.07) is 7.67. The van der Waals surface area contributed by atoms with Crippen LogP contribution in [0.1, 0.15) is 5.56 Å². The average molecular weight is 265 g/mol. The van der Waals surface area contributed by atoms with Gasteiger partial charge in [0.2, 0.25) is 0 Å². The monoisotopic (exact) mass is 265 g/mol. The van der Waals surface area contributed by atoms with Crippen molar-refractivity contribution >= 4 is 22.9 Å². The van der Waals surface area contributed by atoms with Crippen LogP contribution in [0.2, 0.25) is 0 Å². The highest BCUT2D eigenvalue weighted by Gasteiger charge is 2.05. The first-order chi connectivity index (χ1) is 9.74. The molecule has 3 aromatic rings. The minimum atomic E-state index is -0.974. The third kappa shape index (κ3) is 2.29. The number of nitrogens with one attached hydrogen (secondary N) is 1. The van der Waals surface area contributed by atoms with Crippen LogP contribution in [0.25, 0.3) is 28.1 Å². The zero-order valence-corrected chi connectivity index (χ0v) is 10.4. The predicted molar refractivity (Wildman–Crippen MR) is 76.0 cm³/mol. The van der Waals surface area contributed by atoms with Crippen molar-refractivity contribution in [3.63, 3.8) is 0 Å². The molecule has 2 heterocycles. The molecule has 0 bridgehead atoms. The summed E-state index contributed by atoms with van der Waals surface area (Å²) in [5.74, 6) is -0.974. The lowest BCUT2D eigenvalue weighted by Gasteiger charge is -2.05. The Kier molecular flexibility index (Phi) is 3.01. The molecule has 3 rings (SSSR count). The third-order valence-corrected chi connectivity index (χ3v) is 3.01. The van der Waals surface area contributed by atoms with Crippen molar-refractivity contribution in [2.24, 2.45) is 0 Å². The highest BCUT2D eigenvalue weighted by Crippen LogP contribution is 2.26. The predicted octanol–water partition coefficient (Wildman–Crippen LogP) is 2.72. The molecule has 0 spiro atoms. The first-order valence-corrected chi connectivity index (χ1v) is 6.02. The summed E-state index contributed by atoms with van der Waals surface area (Å²) in [6.07, 6.45) is 7.81. The Morgan fingerprint density at radius 2 is 2.15 bits per heavy atom. The quantitative estimate of drug-likeness (QED) is 0.714. The van der Waals surface area contributed by atoms with Crippen molar-refractivity contribution < 1.29 is 9.90 Å². The van der Waals surface area contributed by atoms with Crippen LogP contribution in [-0.2, 0) is 4.79 Å². The number of benzene rings is 1. The zero-order chi connectivity index (χ0) is 13.9. The molecule has 0 aliphatic heterocycles. The van der Waals surface area contributed by atoms with Gasteiger partial charge in [-0.25, -0.2) is 4.79 Å². The van der Waals surface area contributed by atoms with E-state index in [0.29, 0.717) is 0 Å². The number of carboxylic acids is 1. The van der Waals surface area contributed by atoms with Gasteiger partial charge < -0.3 is 5.11 Å². The number of rotatable bonds is 3. The van der Waals surface area contributed by atoms with Gasteiger partial charge in [0, 0.05) is 29.4 Å². The normalized spacial score (nSPS) is 11.2. The number of aromatic amines is 1. The minimum absolute atomic E-state index is 0.810. The molecule has 1 aromatic carbocycles. The molecule has 0 saturated carbocycles. The van der Waals surface area contributed by atoms with Gasteiger partial charge in [-0.15, -0.1) is 0 Å². The molecule has 0 aliphatic carbocycles. The van der Waals surface area contributed by atoms with E-state index in [1.54, 1.807) is 30.7 Å². The van der Waals surface area contributed by atoms with Gasteiger partial charge in [-0.1, -0.05) is 6.07 Å². The number of nitrogens with zero attached hydrogens (tertiary/aromatic N) is 2. The molecule has 0 fully saturated rings. The number of carbonyl (C=O) groups is 1. The van der Waals surface area contributed by atoms with Gasteiger partial charge in [0.1, 0.15) is 0 Å². The van der Waals surface area contributed by atoms with Crippen LogP contribution >= 0.6 is 0 Å². The SMILES string of the molecule is O=C(O)/C=C/c1ccncc1-c1ccc2[nH]ncc2c1. The van der Waals surface area contributed by atoms with Gasteiger partial charge in [-0.05, 0) is 35.4 Å². The smallest absolute Gasteiger partial charge is 0.328 e. The lowest BCUT2D eigenvalue weighted by atomic mass is 10.0. The molecule has 98 valence electrons. The van der Waals surface area contributed by atoms with E-state index in [1.165, 1.54) is 0 Å². The van der Waals surface area contributed by atoms with E-state index < -0.39 is 5.97 Å². The van der Waals surface area contributed by atoms with E-state index in [-0.39, 0.29) is 0 Å². The van der Waals surface area contributed by atoms with E-state index in [0.717, 1.165) is 33.7 Å². The number of carboxylic acid groups (broad SMARTS) is 1. The number of pyridine rings is 1. The van der Waals surface area contributed by atoms with Crippen LogP contribution < -0.4 is 0 Å². The summed E-state index contributed by atoms with van der Waals surface area (Å²) in [7, 11) is 0. The number of fused-ring (bicyclic) bond motifs is 1. The topological polar surface area (TPSA) is 78.9 Å². The maximum atomic E-state index is 10.6. The van der Waals surface area contributed by atoms with Crippen LogP contribution in [0.5, 0.6) is 0 Å². The van der Waals surface area contributed by atoms with Gasteiger partial charge in [0.05, 0.1) is 11.7 Å². The van der Waals surface area contributed by atoms with Gasteiger partial charge in [-0.3, -0.25) is 10.1 Å². The van der Waals surface area contributed by atoms with Crippen LogP contribution in [0.4, 0.5) is 0 Å². The molecule has 0 atom stereocenters. The molecule has 0 radical (unpaired) electrons. The van der Waals surface area contributed by atoms with E-state index in [2.05, 4.69) is 15.2 Å². The van der Waals surface area contributed by atoms with E-state index in [9.17, 15) is 4.79 Å². The summed E-state index contributed by atoms with van der Waals surface area (Å²) < 4.78 is 0. The van der Waals surface area contributed by atoms with Crippen LogP contribution in [0.15, 0.2) is 48.9 Å². The van der Waals surface area contributed by atoms with Crippen LogP contribution in [0, 0.1) is 0 Å². The second kappa shape index (κ2) is 4.97. The van der Waals surface area contributed by atoms with Crippen LogP contribution in [-0.4, -0.2) is 26.3 Å². The lowest BCUT2D eigenvalue weighted by molar-refractivity contribution is -0.131. The summed E-state index contributed by atoms with van der Waals surface area (Å²) in [6.45, 7) is 0. The maximum absolute atomic E-state index is 10.6. The molecule has 0 unspecified atom stereocenters. The molecule has 5 heteroatoms. The number of hydrogen-bond donors (Lipinski definition) is 2. The molecule has 2 N–H and O–H groups in total. The fourth-order valence-electron chi connectivity index (χ4n) is 2.06. The molecule has 2 aromatic heterocycles. The van der Waals surface area contributed by atoms with E-state index >= 15 is 0 Å². The Morgan fingerprint density at radius 3 is 3.00 bits per heavy atom. The molecule has 0 saturated heterocycles. The minimum Gasteiger partial charge on any atom is -0.478 e. The van der Waals surface area contributed by atoms with Crippen LogP contribution in [0.3, 0.4) is 0 Å². The summed E-state index contributed by atoms with van der Waals surface area (Å²) in [5.41, 5.74) is 3.62. The molecule has 20 heavy (non-hydrogen) atoms. The summed E-state index contributed by atoms with van der Waals surface area (Å²) >= 11 is 0. The van der Waals surface area contributed by atoms with Crippen molar-refractivity contribution in [3.8, 4) is 11.1 Å². The Morgan fingerprint density at radius 1 is 1.25 bits per heavy atom. The zero-order valence-electron chi connectivity index (χ0n) is 10.4. The Labute approximate surface area is 114 Å². The summed E-state index contributed by atoms with van der Waals surface area (Å²) in [4.78, 5) is 14.8. The van der Waals surface area contributed by atoms with Crippen molar-refractivity contribution in [1.82, 2.24) is 15.2 Å². The Hall–Kier alpha value is -2.95. The third-order valence-electron chi connectivity index (χ3n) is 3.01. The average Bonchev–Trinajstić information content (AvgIpc) is 2.92. The number of hydrogen-bond acceptors (Lipinski definition) is 3. The van der Waals surface area contributed by atoms with Gasteiger partial charge in [0.15, 0.2) is 0 Å². The number of aromatic nitrogens is 3. The second-order valence-corrected chi connectivity index (χ2v) is 4.31. The fraction of sp³-hybridized carbons (Fsp3) is 0. The molecular formula is C15H11N3O2. The summed E-state index contributed by atoms with van der Waals surface area (Å²) in [5, 5.41) is 16.6. The highest BCUT2D eigenvalue weighted by atomic mass is 16.4. The van der Waals surface area contributed by atoms with E-state index in [4.69, 9.17) is 5.11 Å². The fourth-order valence-corrected chi connectivity index (χ4v) is 2.06. The van der Waals surface area contributed by atoms with Crippen molar-refractivity contribution in [1.29, 1.82) is 0 Å². The molecule has 0 amide bonds. The molecule has 5 nitrogen and oxygen atoms in total. The van der Waals surface area contributed by atoms with E-state index in [1.807, 2.05) is 18.2 Å². The standard InChI is InChI=1S/C15H11N3O2/c19-15(20)4-2-10-5-6-16-9-13(10)11-1-3-14-12(7-11)8-17-18-14/h1-9H,(H,17,18)(H,19,20)/b4-2+.